The molecule has 0 aliphatic carbocycles. The van der Waals surface area contributed by atoms with Gasteiger partial charge >= 0.3 is 0 Å². The molecule has 0 bridgehead atoms. The summed E-state index contributed by atoms with van der Waals surface area (Å²) < 4.78 is 11.8. The molecular weight excluding hydrogens is 422 g/mol. The molecular formula is C21H32ClN5O2S. The monoisotopic (exact) mass is 453 g/mol. The number of piperidine rings is 1. The Balaban J connectivity index is 1.38. The van der Waals surface area contributed by atoms with E-state index < -0.39 is 0 Å². The van der Waals surface area contributed by atoms with Crippen LogP contribution in [0.1, 0.15) is 24.1 Å². The molecule has 0 amide bonds. The standard InChI is InChI=1S/C21H32ClN5O2S/c1-25(6-3-11-28-2)16-4-7-26(8-5-16)15-17-14-18-19(30-17)20(24-21(22)23-18)27-9-12-29-13-10-27/h14,16H,3-13,15H2,1-2H3. The minimum Gasteiger partial charge on any atom is -0.385 e. The normalized spacial score (nSPS) is 19.3. The number of likely N-dealkylation sites (tertiary alicyclic amines) is 1. The zero-order valence-electron chi connectivity index (χ0n) is 18.0. The number of rotatable bonds is 8. The second kappa shape index (κ2) is 10.5. The smallest absolute Gasteiger partial charge is 0.224 e. The first-order valence-electron chi connectivity index (χ1n) is 10.8. The van der Waals surface area contributed by atoms with Gasteiger partial charge in [-0.2, -0.15) is 4.98 Å². The van der Waals surface area contributed by atoms with Gasteiger partial charge in [-0.15, -0.1) is 11.3 Å². The number of ether oxygens (including phenoxy) is 2. The summed E-state index contributed by atoms with van der Waals surface area (Å²) in [6.45, 7) is 8.36. The van der Waals surface area contributed by atoms with Crippen molar-refractivity contribution in [3.05, 3.63) is 16.2 Å². The lowest BCUT2D eigenvalue weighted by Crippen LogP contribution is -2.43. The molecule has 2 aromatic rings. The number of fused-ring (bicyclic) bond motifs is 1. The Bertz CT molecular complexity index is 821. The molecule has 2 fully saturated rings. The molecule has 2 aliphatic rings. The maximum atomic E-state index is 6.24. The summed E-state index contributed by atoms with van der Waals surface area (Å²) in [4.78, 5) is 17.7. The van der Waals surface area contributed by atoms with E-state index in [1.54, 1.807) is 7.11 Å². The second-order valence-corrected chi connectivity index (χ2v) is 9.65. The van der Waals surface area contributed by atoms with Crippen LogP contribution in [0.2, 0.25) is 5.28 Å². The van der Waals surface area contributed by atoms with Crippen LogP contribution >= 0.6 is 22.9 Å². The highest BCUT2D eigenvalue weighted by molar-refractivity contribution is 7.19. The van der Waals surface area contributed by atoms with Gasteiger partial charge in [0.05, 0.1) is 23.4 Å². The van der Waals surface area contributed by atoms with Crippen LogP contribution in [0.25, 0.3) is 10.2 Å². The maximum absolute atomic E-state index is 6.24. The Morgan fingerprint density at radius 1 is 1.23 bits per heavy atom. The SMILES string of the molecule is COCCCN(C)C1CCN(Cc2cc3nc(Cl)nc(N4CCOCC4)c3s2)CC1. The molecule has 0 atom stereocenters. The molecule has 30 heavy (non-hydrogen) atoms. The molecule has 0 unspecified atom stereocenters. The van der Waals surface area contributed by atoms with Crippen LogP contribution in [0, 0.1) is 0 Å². The van der Waals surface area contributed by atoms with Crippen molar-refractivity contribution >= 4 is 39.0 Å². The van der Waals surface area contributed by atoms with Crippen LogP contribution in [0.3, 0.4) is 0 Å². The lowest BCUT2D eigenvalue weighted by Gasteiger charge is -2.36. The fourth-order valence-corrected chi connectivity index (χ4v) is 5.71. The number of anilines is 1. The third-order valence-electron chi connectivity index (χ3n) is 6.11. The summed E-state index contributed by atoms with van der Waals surface area (Å²) in [6, 6.07) is 2.87. The summed E-state index contributed by atoms with van der Waals surface area (Å²) in [5.41, 5.74) is 0.962. The van der Waals surface area contributed by atoms with E-state index in [4.69, 9.17) is 21.1 Å². The third-order valence-corrected chi connectivity index (χ3v) is 7.38. The van der Waals surface area contributed by atoms with Gasteiger partial charge in [-0.05, 0) is 44.0 Å². The average Bonchev–Trinajstić information content (AvgIpc) is 3.16. The highest BCUT2D eigenvalue weighted by atomic mass is 35.5. The second-order valence-electron chi connectivity index (χ2n) is 8.18. The number of nitrogens with zero attached hydrogens (tertiary/aromatic N) is 5. The third kappa shape index (κ3) is 5.41. The first-order valence-corrected chi connectivity index (χ1v) is 12.0. The predicted octanol–water partition coefficient (Wildman–Crippen LogP) is 3.11. The fourth-order valence-electron chi connectivity index (χ4n) is 4.38. The van der Waals surface area contributed by atoms with E-state index in [9.17, 15) is 0 Å². The summed E-state index contributed by atoms with van der Waals surface area (Å²) >= 11 is 8.05. The predicted molar refractivity (Wildman–Crippen MR) is 123 cm³/mol. The lowest BCUT2D eigenvalue weighted by atomic mass is 10.0. The van der Waals surface area contributed by atoms with E-state index in [-0.39, 0.29) is 0 Å². The van der Waals surface area contributed by atoms with Crippen molar-refractivity contribution in [2.75, 3.05) is 71.6 Å². The number of hydrogen-bond donors (Lipinski definition) is 0. The highest BCUT2D eigenvalue weighted by Crippen LogP contribution is 2.34. The molecule has 0 radical (unpaired) electrons. The molecule has 9 heteroatoms. The van der Waals surface area contributed by atoms with E-state index >= 15 is 0 Å². The molecule has 0 N–H and O–H groups in total. The summed E-state index contributed by atoms with van der Waals surface area (Å²) in [7, 11) is 4.02. The van der Waals surface area contributed by atoms with Crippen LogP contribution in [0.4, 0.5) is 5.82 Å². The molecule has 166 valence electrons. The largest absolute Gasteiger partial charge is 0.385 e. The van der Waals surface area contributed by atoms with Gasteiger partial charge in [0.2, 0.25) is 5.28 Å². The van der Waals surface area contributed by atoms with Gasteiger partial charge in [0.15, 0.2) is 5.82 Å². The van der Waals surface area contributed by atoms with Gasteiger partial charge in [0.1, 0.15) is 0 Å². The van der Waals surface area contributed by atoms with Crippen molar-refractivity contribution in [1.82, 2.24) is 19.8 Å². The van der Waals surface area contributed by atoms with Crippen LogP contribution < -0.4 is 4.90 Å². The number of methoxy groups -OCH3 is 1. The minimum atomic E-state index is 0.325. The van der Waals surface area contributed by atoms with Crippen molar-refractivity contribution in [1.29, 1.82) is 0 Å². The molecule has 2 aliphatic heterocycles. The van der Waals surface area contributed by atoms with Gasteiger partial charge in [-0.3, -0.25) is 4.90 Å². The Morgan fingerprint density at radius 2 is 2.00 bits per heavy atom. The summed E-state index contributed by atoms with van der Waals surface area (Å²) in [5.74, 6) is 0.959. The zero-order valence-corrected chi connectivity index (χ0v) is 19.6. The van der Waals surface area contributed by atoms with Gasteiger partial charge < -0.3 is 19.3 Å². The van der Waals surface area contributed by atoms with Crippen LogP contribution in [-0.2, 0) is 16.0 Å². The molecule has 2 aromatic heterocycles. The number of thiophene rings is 1. The number of halogens is 1. The quantitative estimate of drug-likeness (QED) is 0.449. The van der Waals surface area contributed by atoms with Crippen molar-refractivity contribution in [2.24, 2.45) is 0 Å². The van der Waals surface area contributed by atoms with Gasteiger partial charge in [-0.1, -0.05) is 0 Å². The zero-order chi connectivity index (χ0) is 20.9. The Labute approximate surface area is 187 Å². The average molecular weight is 454 g/mol. The van der Waals surface area contributed by atoms with Crippen molar-refractivity contribution in [2.45, 2.75) is 31.8 Å². The van der Waals surface area contributed by atoms with Crippen molar-refractivity contribution < 1.29 is 9.47 Å². The lowest BCUT2D eigenvalue weighted by molar-refractivity contribution is 0.112. The molecule has 4 rings (SSSR count). The van der Waals surface area contributed by atoms with Crippen LogP contribution in [0.15, 0.2) is 6.07 Å². The van der Waals surface area contributed by atoms with E-state index in [2.05, 4.69) is 37.8 Å². The highest BCUT2D eigenvalue weighted by Gasteiger charge is 2.24. The molecule has 4 heterocycles. The van der Waals surface area contributed by atoms with Gasteiger partial charge in [0.25, 0.3) is 0 Å². The number of morpholine rings is 1. The summed E-state index contributed by atoms with van der Waals surface area (Å²) in [5, 5.41) is 0.325. The Hall–Kier alpha value is -1.03. The van der Waals surface area contributed by atoms with E-state index in [0.717, 1.165) is 81.5 Å². The van der Waals surface area contributed by atoms with Gasteiger partial charge in [-0.25, -0.2) is 4.98 Å². The molecule has 0 spiro atoms. The van der Waals surface area contributed by atoms with E-state index in [1.807, 2.05) is 11.3 Å². The summed E-state index contributed by atoms with van der Waals surface area (Å²) in [6.07, 6.45) is 3.54. The molecule has 0 saturated carbocycles. The van der Waals surface area contributed by atoms with Crippen LogP contribution in [-0.4, -0.2) is 92.5 Å². The topological polar surface area (TPSA) is 54.0 Å². The van der Waals surface area contributed by atoms with Crippen molar-refractivity contribution in [3.8, 4) is 0 Å². The van der Waals surface area contributed by atoms with Gasteiger partial charge in [0, 0.05) is 63.9 Å². The first-order chi connectivity index (χ1) is 14.6. The Morgan fingerprint density at radius 3 is 2.73 bits per heavy atom. The van der Waals surface area contributed by atoms with E-state index in [0.29, 0.717) is 11.3 Å². The van der Waals surface area contributed by atoms with Crippen LogP contribution in [0.5, 0.6) is 0 Å². The molecule has 2 saturated heterocycles. The maximum Gasteiger partial charge on any atom is 0.224 e. The minimum absolute atomic E-state index is 0.325. The fraction of sp³-hybridized carbons (Fsp3) is 0.714. The van der Waals surface area contributed by atoms with E-state index in [1.165, 1.54) is 17.7 Å². The number of aromatic nitrogens is 2. The van der Waals surface area contributed by atoms with Crippen molar-refractivity contribution in [3.63, 3.8) is 0 Å². The Kier molecular flexibility index (Phi) is 7.78. The molecule has 0 aromatic carbocycles. The first kappa shape index (κ1) is 22.2. The molecule has 7 nitrogen and oxygen atoms in total. The number of hydrogen-bond acceptors (Lipinski definition) is 8.